The second-order valence-corrected chi connectivity index (χ2v) is 13.7. The lowest BCUT2D eigenvalue weighted by Gasteiger charge is -2.04. The molecule has 0 amide bonds. The van der Waals surface area contributed by atoms with E-state index >= 15 is 0 Å². The number of hydrogen-bond donors (Lipinski definition) is 0. The van der Waals surface area contributed by atoms with Crippen molar-refractivity contribution < 1.29 is 0 Å². The van der Waals surface area contributed by atoms with Crippen molar-refractivity contribution in [2.24, 2.45) is 0 Å². The lowest BCUT2D eigenvalue weighted by molar-refractivity contribution is 1.71. The maximum atomic E-state index is 2.36. The summed E-state index contributed by atoms with van der Waals surface area (Å²) in [5.74, 6) is 0. The van der Waals surface area contributed by atoms with Crippen LogP contribution >= 0.6 is 22.7 Å². The molecule has 0 fully saturated rings. The zero-order chi connectivity index (χ0) is 29.0. The molecular formula is C42H26S2. The van der Waals surface area contributed by atoms with Crippen molar-refractivity contribution >= 4 is 110 Å². The summed E-state index contributed by atoms with van der Waals surface area (Å²) in [7, 11) is 0. The van der Waals surface area contributed by atoms with Gasteiger partial charge in [-0.05, 0) is 138 Å². The minimum absolute atomic E-state index is 1.23. The highest BCUT2D eigenvalue weighted by atomic mass is 32.1. The normalized spacial score (nSPS) is 12.4. The van der Waals surface area contributed by atoms with E-state index in [1.807, 2.05) is 22.7 Å². The second-order valence-electron chi connectivity index (χ2n) is 11.5. The molecule has 0 spiro atoms. The van der Waals surface area contributed by atoms with Crippen molar-refractivity contribution in [3.05, 3.63) is 154 Å². The zero-order valence-corrected chi connectivity index (χ0v) is 25.5. The summed E-state index contributed by atoms with van der Waals surface area (Å²) in [5.41, 5.74) is 2.45. The molecule has 44 heavy (non-hydrogen) atoms. The van der Waals surface area contributed by atoms with Gasteiger partial charge in [0, 0.05) is 19.2 Å². The van der Waals surface area contributed by atoms with Gasteiger partial charge >= 0.3 is 0 Å². The predicted molar refractivity (Wildman–Crippen MR) is 198 cm³/mol. The Morgan fingerprint density at radius 1 is 0.295 bits per heavy atom. The summed E-state index contributed by atoms with van der Waals surface area (Å²) in [6.07, 6.45) is 8.94. The maximum absolute atomic E-state index is 2.36. The minimum atomic E-state index is 1.23. The van der Waals surface area contributed by atoms with Gasteiger partial charge in [-0.15, -0.1) is 22.7 Å². The van der Waals surface area contributed by atoms with Crippen LogP contribution in [0.25, 0.3) is 87.6 Å². The van der Waals surface area contributed by atoms with Gasteiger partial charge in [0.05, 0.1) is 0 Å². The summed E-state index contributed by atoms with van der Waals surface area (Å²) < 4.78 is 2.65. The van der Waals surface area contributed by atoms with Gasteiger partial charge in [-0.3, -0.25) is 0 Å². The number of thiophene rings is 2. The third kappa shape index (κ3) is 4.69. The Hall–Kier alpha value is -5.02. The first kappa shape index (κ1) is 25.5. The Bertz CT molecular complexity index is 2340. The fourth-order valence-electron chi connectivity index (χ4n) is 6.26. The molecular weight excluding hydrogens is 569 g/mol. The topological polar surface area (TPSA) is 0 Å². The van der Waals surface area contributed by atoms with Gasteiger partial charge in [0.2, 0.25) is 0 Å². The molecule has 0 aliphatic carbocycles. The van der Waals surface area contributed by atoms with Gasteiger partial charge in [-0.1, -0.05) is 84.9 Å². The van der Waals surface area contributed by atoms with E-state index in [4.69, 9.17) is 0 Å². The molecule has 7 aromatic carbocycles. The van der Waals surface area contributed by atoms with Crippen LogP contribution < -0.4 is 0 Å². The smallest absolute Gasteiger partial charge is 0.0355 e. The fraction of sp³-hybridized carbons (Fsp3) is 0. The summed E-state index contributed by atoms with van der Waals surface area (Å²) in [4.78, 5) is 2.55. The van der Waals surface area contributed by atoms with Crippen LogP contribution in [0, 0.1) is 0 Å². The van der Waals surface area contributed by atoms with E-state index in [1.54, 1.807) is 0 Å². The summed E-state index contributed by atoms with van der Waals surface area (Å²) in [5, 5.41) is 12.9. The Morgan fingerprint density at radius 3 is 1.18 bits per heavy atom. The summed E-state index contributed by atoms with van der Waals surface area (Å²) >= 11 is 3.72. The average Bonchev–Trinajstić information content (AvgIpc) is 3.65. The molecule has 0 atom stereocenters. The molecule has 0 saturated heterocycles. The van der Waals surface area contributed by atoms with Crippen molar-refractivity contribution in [1.29, 1.82) is 0 Å². The van der Waals surface area contributed by atoms with Gasteiger partial charge < -0.3 is 0 Å². The summed E-state index contributed by atoms with van der Waals surface area (Å²) in [6, 6.07) is 49.1. The van der Waals surface area contributed by atoms with Crippen LogP contribution in [0.1, 0.15) is 20.9 Å². The standard InChI is InChI=1S/C42H26S2/c1-3-7-31-17-27(9-13-29(31)5-1)11-15-39-23-37-21-33-19-36-26-42-38(22-34(36)20-35(33)25-41(37)43-39)24-40(44-42)16-12-28-10-14-30-6-2-4-8-32(30)18-28/h1-26H. The third-order valence-corrected chi connectivity index (χ3v) is 10.7. The zero-order valence-electron chi connectivity index (χ0n) is 23.8. The Labute approximate surface area is 263 Å². The minimum Gasteiger partial charge on any atom is -0.136 e. The Kier molecular flexibility index (Phi) is 5.97. The molecule has 206 valence electrons. The molecule has 0 aliphatic heterocycles. The number of hydrogen-bond acceptors (Lipinski definition) is 2. The second kappa shape index (κ2) is 10.3. The highest BCUT2D eigenvalue weighted by Crippen LogP contribution is 2.36. The highest BCUT2D eigenvalue weighted by Gasteiger charge is 2.08. The molecule has 0 N–H and O–H groups in total. The molecule has 0 aliphatic rings. The monoisotopic (exact) mass is 594 g/mol. The fourth-order valence-corrected chi connectivity index (χ4v) is 8.26. The Morgan fingerprint density at radius 2 is 0.705 bits per heavy atom. The lowest BCUT2D eigenvalue weighted by atomic mass is 10.0. The molecule has 0 bridgehead atoms. The van der Waals surface area contributed by atoms with E-state index < -0.39 is 0 Å². The lowest BCUT2D eigenvalue weighted by Crippen LogP contribution is -1.77. The largest absolute Gasteiger partial charge is 0.136 e. The molecule has 0 radical (unpaired) electrons. The van der Waals surface area contributed by atoms with E-state index in [2.05, 4.69) is 158 Å². The highest BCUT2D eigenvalue weighted by molar-refractivity contribution is 7.20. The van der Waals surface area contributed by atoms with E-state index in [-0.39, 0.29) is 0 Å². The van der Waals surface area contributed by atoms with Crippen molar-refractivity contribution in [2.45, 2.75) is 0 Å². The van der Waals surface area contributed by atoms with E-state index in [0.717, 1.165) is 0 Å². The van der Waals surface area contributed by atoms with Gasteiger partial charge in [-0.25, -0.2) is 0 Å². The van der Waals surface area contributed by atoms with Crippen LogP contribution in [-0.4, -0.2) is 0 Å². The first-order valence-electron chi connectivity index (χ1n) is 14.9. The average molecular weight is 595 g/mol. The van der Waals surface area contributed by atoms with Crippen LogP contribution in [-0.2, 0) is 0 Å². The summed E-state index contributed by atoms with van der Waals surface area (Å²) in [6.45, 7) is 0. The van der Waals surface area contributed by atoms with Crippen molar-refractivity contribution in [3.8, 4) is 0 Å². The molecule has 2 aromatic heterocycles. The van der Waals surface area contributed by atoms with Crippen molar-refractivity contribution in [3.63, 3.8) is 0 Å². The Balaban J connectivity index is 1.03. The quantitative estimate of drug-likeness (QED) is 0.178. The maximum Gasteiger partial charge on any atom is 0.0355 e. The van der Waals surface area contributed by atoms with Crippen molar-refractivity contribution in [2.75, 3.05) is 0 Å². The van der Waals surface area contributed by atoms with Crippen molar-refractivity contribution in [1.82, 2.24) is 0 Å². The van der Waals surface area contributed by atoms with Crippen LogP contribution in [0.3, 0.4) is 0 Å². The molecule has 0 unspecified atom stereocenters. The van der Waals surface area contributed by atoms with Crippen LogP contribution in [0.5, 0.6) is 0 Å². The van der Waals surface area contributed by atoms with Gasteiger partial charge in [-0.2, -0.15) is 0 Å². The number of benzene rings is 7. The van der Waals surface area contributed by atoms with E-state index in [9.17, 15) is 0 Å². The molecule has 2 heterocycles. The van der Waals surface area contributed by atoms with Crippen LogP contribution in [0.4, 0.5) is 0 Å². The number of rotatable bonds is 4. The first-order chi connectivity index (χ1) is 21.7. The van der Waals surface area contributed by atoms with Gasteiger partial charge in [0.1, 0.15) is 0 Å². The van der Waals surface area contributed by atoms with Crippen LogP contribution in [0.15, 0.2) is 133 Å². The molecule has 0 nitrogen and oxygen atoms in total. The first-order valence-corrected chi connectivity index (χ1v) is 16.5. The van der Waals surface area contributed by atoms with E-state index in [1.165, 1.54) is 84.1 Å². The number of fused-ring (bicyclic) bond motifs is 6. The molecule has 2 heteroatoms. The predicted octanol–water partition coefficient (Wildman–Crippen LogP) is 13.1. The molecule has 9 rings (SSSR count). The van der Waals surface area contributed by atoms with Gasteiger partial charge in [0.25, 0.3) is 0 Å². The van der Waals surface area contributed by atoms with Crippen LogP contribution in [0.2, 0.25) is 0 Å². The van der Waals surface area contributed by atoms with E-state index in [0.29, 0.717) is 0 Å². The molecule has 0 saturated carbocycles. The third-order valence-electron chi connectivity index (χ3n) is 8.53. The molecule has 9 aromatic rings. The SMILES string of the molecule is C(=Cc1cc2cc3cc4cc5sc(C=Cc6ccc7ccccc7c6)cc5cc4cc3cc2s1)c1ccc2ccccc2c1. The van der Waals surface area contributed by atoms with Gasteiger partial charge in [0.15, 0.2) is 0 Å².